The minimum Gasteiger partial charge on any atom is -0.306 e. The molecule has 1 aromatic rings. The SMILES string of the molecule is Cn1nccc1C1CCC2CCCC2N1. The van der Waals surface area contributed by atoms with Crippen LogP contribution < -0.4 is 5.32 Å². The number of nitrogens with zero attached hydrogens (tertiary/aromatic N) is 2. The third-order valence-electron chi connectivity index (χ3n) is 4.12. The van der Waals surface area contributed by atoms with E-state index < -0.39 is 0 Å². The number of rotatable bonds is 1. The first-order chi connectivity index (χ1) is 7.34. The van der Waals surface area contributed by atoms with Gasteiger partial charge in [-0.2, -0.15) is 5.10 Å². The Kier molecular flexibility index (Phi) is 2.28. The van der Waals surface area contributed by atoms with E-state index in [2.05, 4.69) is 16.5 Å². The topological polar surface area (TPSA) is 29.9 Å². The van der Waals surface area contributed by atoms with Crippen molar-refractivity contribution in [3.05, 3.63) is 18.0 Å². The zero-order valence-electron chi connectivity index (χ0n) is 9.32. The summed E-state index contributed by atoms with van der Waals surface area (Å²) in [5.41, 5.74) is 1.35. The maximum Gasteiger partial charge on any atom is 0.0550 e. The summed E-state index contributed by atoms with van der Waals surface area (Å²) in [6.45, 7) is 0. The number of aromatic nitrogens is 2. The van der Waals surface area contributed by atoms with Crippen LogP contribution in [-0.2, 0) is 7.05 Å². The molecule has 2 aliphatic rings. The Bertz CT molecular complexity index is 344. The van der Waals surface area contributed by atoms with Crippen molar-refractivity contribution in [2.45, 2.75) is 44.2 Å². The van der Waals surface area contributed by atoms with Crippen molar-refractivity contribution >= 4 is 0 Å². The molecule has 0 aromatic carbocycles. The predicted molar refractivity (Wildman–Crippen MR) is 59.4 cm³/mol. The highest BCUT2D eigenvalue weighted by molar-refractivity contribution is 5.09. The number of piperidine rings is 1. The van der Waals surface area contributed by atoms with E-state index in [0.717, 1.165) is 12.0 Å². The van der Waals surface area contributed by atoms with Gasteiger partial charge in [-0.25, -0.2) is 0 Å². The Morgan fingerprint density at radius 1 is 1.33 bits per heavy atom. The van der Waals surface area contributed by atoms with Crippen LogP contribution in [0.25, 0.3) is 0 Å². The highest BCUT2D eigenvalue weighted by Crippen LogP contribution is 2.37. The second-order valence-corrected chi connectivity index (χ2v) is 4.97. The molecule has 3 unspecified atom stereocenters. The first kappa shape index (κ1) is 9.40. The minimum atomic E-state index is 0.539. The molecule has 1 N–H and O–H groups in total. The summed E-state index contributed by atoms with van der Waals surface area (Å²) < 4.78 is 2.01. The summed E-state index contributed by atoms with van der Waals surface area (Å²) in [5, 5.41) is 8.05. The van der Waals surface area contributed by atoms with E-state index in [1.54, 1.807) is 0 Å². The monoisotopic (exact) mass is 205 g/mol. The van der Waals surface area contributed by atoms with Gasteiger partial charge in [0.25, 0.3) is 0 Å². The summed E-state index contributed by atoms with van der Waals surface area (Å²) in [4.78, 5) is 0. The van der Waals surface area contributed by atoms with Crippen molar-refractivity contribution in [2.75, 3.05) is 0 Å². The van der Waals surface area contributed by atoms with Gasteiger partial charge < -0.3 is 5.32 Å². The number of nitrogens with one attached hydrogen (secondary N) is 1. The number of hydrogen-bond donors (Lipinski definition) is 1. The molecular formula is C12H19N3. The Labute approximate surface area is 90.9 Å². The quantitative estimate of drug-likeness (QED) is 0.760. The third kappa shape index (κ3) is 1.59. The summed E-state index contributed by atoms with van der Waals surface area (Å²) in [5.74, 6) is 0.953. The molecule has 3 atom stereocenters. The van der Waals surface area contributed by atoms with E-state index in [9.17, 15) is 0 Å². The van der Waals surface area contributed by atoms with E-state index in [4.69, 9.17) is 0 Å². The Morgan fingerprint density at radius 2 is 2.27 bits per heavy atom. The molecule has 1 saturated heterocycles. The molecule has 1 aromatic heterocycles. The molecule has 15 heavy (non-hydrogen) atoms. The van der Waals surface area contributed by atoms with E-state index in [1.807, 2.05) is 17.9 Å². The molecule has 0 bridgehead atoms. The second kappa shape index (κ2) is 3.63. The van der Waals surface area contributed by atoms with Gasteiger partial charge in [-0.1, -0.05) is 6.42 Å². The fourth-order valence-electron chi connectivity index (χ4n) is 3.28. The molecular weight excluding hydrogens is 186 g/mol. The highest BCUT2D eigenvalue weighted by Gasteiger charge is 2.34. The van der Waals surface area contributed by atoms with E-state index in [-0.39, 0.29) is 0 Å². The summed E-state index contributed by atoms with van der Waals surface area (Å²) in [7, 11) is 2.04. The van der Waals surface area contributed by atoms with E-state index in [0.29, 0.717) is 6.04 Å². The van der Waals surface area contributed by atoms with Gasteiger partial charge in [0.1, 0.15) is 0 Å². The van der Waals surface area contributed by atoms with Gasteiger partial charge in [0.15, 0.2) is 0 Å². The Hall–Kier alpha value is -0.830. The molecule has 0 amide bonds. The van der Waals surface area contributed by atoms with Crippen LogP contribution in [0.15, 0.2) is 12.3 Å². The lowest BCUT2D eigenvalue weighted by molar-refractivity contribution is 0.254. The van der Waals surface area contributed by atoms with Crippen LogP contribution in [-0.4, -0.2) is 15.8 Å². The molecule has 2 fully saturated rings. The first-order valence-electron chi connectivity index (χ1n) is 6.08. The largest absolute Gasteiger partial charge is 0.306 e. The second-order valence-electron chi connectivity index (χ2n) is 4.97. The lowest BCUT2D eigenvalue weighted by Crippen LogP contribution is -2.40. The van der Waals surface area contributed by atoms with Crippen molar-refractivity contribution in [2.24, 2.45) is 13.0 Å². The number of hydrogen-bond acceptors (Lipinski definition) is 2. The molecule has 3 heteroatoms. The van der Waals surface area contributed by atoms with E-state index >= 15 is 0 Å². The fourth-order valence-corrected chi connectivity index (χ4v) is 3.28. The van der Waals surface area contributed by atoms with E-state index in [1.165, 1.54) is 37.8 Å². The van der Waals surface area contributed by atoms with Crippen LogP contribution in [0.3, 0.4) is 0 Å². The number of fused-ring (bicyclic) bond motifs is 1. The van der Waals surface area contributed by atoms with Crippen molar-refractivity contribution in [3.8, 4) is 0 Å². The fraction of sp³-hybridized carbons (Fsp3) is 0.750. The predicted octanol–water partition coefficient (Wildman–Crippen LogP) is 2.01. The zero-order valence-corrected chi connectivity index (χ0v) is 9.32. The van der Waals surface area contributed by atoms with Gasteiger partial charge in [0, 0.05) is 25.3 Å². The lowest BCUT2D eigenvalue weighted by Gasteiger charge is -2.33. The lowest BCUT2D eigenvalue weighted by atomic mass is 9.88. The van der Waals surface area contributed by atoms with Gasteiger partial charge in [0.2, 0.25) is 0 Å². The van der Waals surface area contributed by atoms with Crippen LogP contribution in [0.4, 0.5) is 0 Å². The molecule has 2 heterocycles. The van der Waals surface area contributed by atoms with Crippen molar-refractivity contribution in [3.63, 3.8) is 0 Å². The standard InChI is InChI=1S/C12H19N3/c1-15-12(7-8-13-15)11-6-5-9-3-2-4-10(9)14-11/h7-11,14H,2-6H2,1H3. The van der Waals surface area contributed by atoms with Crippen LogP contribution in [0.1, 0.15) is 43.8 Å². The first-order valence-corrected chi connectivity index (χ1v) is 6.08. The van der Waals surface area contributed by atoms with Gasteiger partial charge in [0.05, 0.1) is 5.69 Å². The van der Waals surface area contributed by atoms with Gasteiger partial charge in [-0.3, -0.25) is 4.68 Å². The van der Waals surface area contributed by atoms with Gasteiger partial charge in [-0.05, 0) is 37.7 Å². The van der Waals surface area contributed by atoms with Crippen LogP contribution >= 0.6 is 0 Å². The Balaban J connectivity index is 1.76. The minimum absolute atomic E-state index is 0.539. The molecule has 3 nitrogen and oxygen atoms in total. The maximum atomic E-state index is 4.25. The normalized spacial score (nSPS) is 35.4. The van der Waals surface area contributed by atoms with Crippen LogP contribution in [0, 0.1) is 5.92 Å². The molecule has 1 aliphatic heterocycles. The average Bonchev–Trinajstić information content (AvgIpc) is 2.84. The van der Waals surface area contributed by atoms with Crippen LogP contribution in [0.5, 0.6) is 0 Å². The number of aryl methyl sites for hydroxylation is 1. The van der Waals surface area contributed by atoms with Crippen molar-refractivity contribution in [1.29, 1.82) is 0 Å². The van der Waals surface area contributed by atoms with Crippen molar-refractivity contribution < 1.29 is 0 Å². The summed E-state index contributed by atoms with van der Waals surface area (Å²) in [6, 6.07) is 3.46. The highest BCUT2D eigenvalue weighted by atomic mass is 15.3. The molecule has 3 rings (SSSR count). The molecule has 0 spiro atoms. The summed E-state index contributed by atoms with van der Waals surface area (Å²) >= 11 is 0. The molecule has 1 aliphatic carbocycles. The van der Waals surface area contributed by atoms with Crippen molar-refractivity contribution in [1.82, 2.24) is 15.1 Å². The molecule has 82 valence electrons. The molecule has 1 saturated carbocycles. The smallest absolute Gasteiger partial charge is 0.0550 e. The third-order valence-corrected chi connectivity index (χ3v) is 4.12. The zero-order chi connectivity index (χ0) is 10.3. The molecule has 0 radical (unpaired) electrons. The van der Waals surface area contributed by atoms with Gasteiger partial charge in [-0.15, -0.1) is 0 Å². The maximum absolute atomic E-state index is 4.25. The summed E-state index contributed by atoms with van der Waals surface area (Å²) in [6.07, 6.45) is 8.81. The van der Waals surface area contributed by atoms with Crippen LogP contribution in [0.2, 0.25) is 0 Å². The van der Waals surface area contributed by atoms with Gasteiger partial charge >= 0.3 is 0 Å². The average molecular weight is 205 g/mol. The Morgan fingerprint density at radius 3 is 3.07 bits per heavy atom.